The summed E-state index contributed by atoms with van der Waals surface area (Å²) in [4.78, 5) is 27.2. The molecule has 216 valence electrons. The first kappa shape index (κ1) is 27.1. The van der Waals surface area contributed by atoms with E-state index in [1.54, 1.807) is 45.0 Å². The van der Waals surface area contributed by atoms with E-state index in [0.29, 0.717) is 16.8 Å². The minimum Gasteiger partial charge on any atom is -0.492 e. The van der Waals surface area contributed by atoms with Crippen LogP contribution in [-0.4, -0.2) is 58.3 Å². The SMILES string of the molecule is CC1(C)OC[C@H]([C@@H](O)Cn2nc(-c3ccccc3)cc(NC(=O)C3(C)COc4cc5c(cc43)OC(F)(F)O5)c2=O)O1. The average molecular weight is 572 g/mol. The summed E-state index contributed by atoms with van der Waals surface area (Å²) in [6, 6.07) is 13.0. The van der Waals surface area contributed by atoms with Crippen molar-refractivity contribution < 1.29 is 42.4 Å². The van der Waals surface area contributed by atoms with Crippen molar-refractivity contribution in [2.24, 2.45) is 0 Å². The highest BCUT2D eigenvalue weighted by molar-refractivity contribution is 6.00. The lowest BCUT2D eigenvalue weighted by Gasteiger charge is -2.23. The van der Waals surface area contributed by atoms with E-state index in [1.165, 1.54) is 18.2 Å². The Balaban J connectivity index is 1.32. The molecule has 3 aromatic rings. The van der Waals surface area contributed by atoms with E-state index in [0.717, 1.165) is 4.68 Å². The normalized spacial score (nSPS) is 24.0. The molecule has 11 nitrogen and oxygen atoms in total. The third kappa shape index (κ3) is 5.00. The van der Waals surface area contributed by atoms with Crippen LogP contribution >= 0.6 is 0 Å². The number of aliphatic hydroxyl groups excluding tert-OH is 1. The van der Waals surface area contributed by atoms with Gasteiger partial charge in [0.2, 0.25) is 5.91 Å². The zero-order valence-electron chi connectivity index (χ0n) is 22.4. The average Bonchev–Trinajstić information content (AvgIpc) is 3.56. The van der Waals surface area contributed by atoms with Crippen molar-refractivity contribution in [3.05, 3.63) is 64.4 Å². The molecule has 6 rings (SSSR count). The summed E-state index contributed by atoms with van der Waals surface area (Å²) >= 11 is 0. The monoisotopic (exact) mass is 571 g/mol. The molecule has 2 N–H and O–H groups in total. The summed E-state index contributed by atoms with van der Waals surface area (Å²) in [5.74, 6) is -1.75. The summed E-state index contributed by atoms with van der Waals surface area (Å²) in [6.45, 7) is 4.79. The van der Waals surface area contributed by atoms with Crippen LogP contribution in [0.25, 0.3) is 11.3 Å². The quantitative estimate of drug-likeness (QED) is 0.459. The van der Waals surface area contributed by atoms with Crippen molar-refractivity contribution in [1.29, 1.82) is 0 Å². The first-order valence-electron chi connectivity index (χ1n) is 12.9. The van der Waals surface area contributed by atoms with Crippen LogP contribution in [0.15, 0.2) is 53.3 Å². The topological polar surface area (TPSA) is 130 Å². The fraction of sp³-hybridized carbons (Fsp3) is 0.393. The largest absolute Gasteiger partial charge is 0.586 e. The molecule has 1 saturated heterocycles. The molecule has 0 aliphatic carbocycles. The molecule has 0 saturated carbocycles. The van der Waals surface area contributed by atoms with Crippen molar-refractivity contribution in [1.82, 2.24) is 9.78 Å². The number of aromatic nitrogens is 2. The third-order valence-electron chi connectivity index (χ3n) is 7.23. The van der Waals surface area contributed by atoms with E-state index in [1.807, 2.05) is 6.07 Å². The van der Waals surface area contributed by atoms with Gasteiger partial charge >= 0.3 is 6.29 Å². The maximum Gasteiger partial charge on any atom is 0.586 e. The molecule has 0 spiro atoms. The van der Waals surface area contributed by atoms with Gasteiger partial charge in [0.1, 0.15) is 35.7 Å². The van der Waals surface area contributed by atoms with E-state index in [4.69, 9.17) is 14.2 Å². The standard InChI is InChI=1S/C28H27F2N3O8/c1-26(2)38-13-23(39-26)19(34)12-33-24(35)18(10-17(32-33)15-7-5-4-6-8-15)31-25(36)27(3)14-37-20-11-22-21(9-16(20)27)40-28(29,30)41-22/h4-11,19,23,34H,12-14H2,1-3H3,(H,31,36)/t19-,23+,27?/m0/s1. The highest BCUT2D eigenvalue weighted by Gasteiger charge is 2.49. The van der Waals surface area contributed by atoms with Gasteiger partial charge in [-0.25, -0.2) is 4.68 Å². The number of anilines is 1. The Bertz CT molecular complexity index is 1580. The summed E-state index contributed by atoms with van der Waals surface area (Å²) in [5, 5.41) is 18.0. The third-order valence-corrected chi connectivity index (χ3v) is 7.23. The number of amides is 1. The van der Waals surface area contributed by atoms with Gasteiger partial charge in [0.25, 0.3) is 5.56 Å². The number of benzene rings is 2. The number of hydrogen-bond acceptors (Lipinski definition) is 9. The first-order chi connectivity index (χ1) is 19.3. The fourth-order valence-electron chi connectivity index (χ4n) is 4.98. The molecule has 1 unspecified atom stereocenters. The summed E-state index contributed by atoms with van der Waals surface area (Å²) in [5.41, 5.74) is -0.786. The van der Waals surface area contributed by atoms with Gasteiger partial charge in [-0.3, -0.25) is 9.59 Å². The summed E-state index contributed by atoms with van der Waals surface area (Å²) in [7, 11) is 0. The number of nitrogens with zero attached hydrogens (tertiary/aromatic N) is 2. The Hall–Kier alpha value is -4.07. The predicted molar refractivity (Wildman–Crippen MR) is 139 cm³/mol. The number of fused-ring (bicyclic) bond motifs is 2. The van der Waals surface area contributed by atoms with Crippen LogP contribution in [0.1, 0.15) is 26.3 Å². The smallest absolute Gasteiger partial charge is 0.492 e. The summed E-state index contributed by atoms with van der Waals surface area (Å²) in [6.07, 6.45) is -5.66. The molecular formula is C28H27F2N3O8. The molecule has 3 aliphatic rings. The van der Waals surface area contributed by atoms with E-state index in [9.17, 15) is 23.5 Å². The van der Waals surface area contributed by atoms with Crippen LogP contribution in [0.4, 0.5) is 14.5 Å². The summed E-state index contributed by atoms with van der Waals surface area (Å²) < 4.78 is 54.2. The Kier molecular flexibility index (Phi) is 6.28. The lowest BCUT2D eigenvalue weighted by atomic mass is 9.83. The van der Waals surface area contributed by atoms with Gasteiger partial charge in [-0.15, -0.1) is 8.78 Å². The zero-order chi connectivity index (χ0) is 29.2. The van der Waals surface area contributed by atoms with Crippen LogP contribution in [0.2, 0.25) is 0 Å². The fourth-order valence-corrected chi connectivity index (χ4v) is 4.98. The lowest BCUT2D eigenvalue weighted by molar-refractivity contribution is -0.286. The Morgan fingerprint density at radius 1 is 1.12 bits per heavy atom. The highest BCUT2D eigenvalue weighted by Crippen LogP contribution is 2.50. The highest BCUT2D eigenvalue weighted by atomic mass is 19.3. The van der Waals surface area contributed by atoms with Gasteiger partial charge in [-0.2, -0.15) is 5.10 Å². The van der Waals surface area contributed by atoms with Crippen LogP contribution in [-0.2, 0) is 26.2 Å². The zero-order valence-corrected chi connectivity index (χ0v) is 22.4. The van der Waals surface area contributed by atoms with Gasteiger partial charge in [-0.1, -0.05) is 30.3 Å². The Labute approximate surface area is 232 Å². The molecule has 3 atom stereocenters. The molecule has 2 aromatic carbocycles. The van der Waals surface area contributed by atoms with Gasteiger partial charge in [0.15, 0.2) is 17.3 Å². The predicted octanol–water partition coefficient (Wildman–Crippen LogP) is 3.03. The second-order valence-corrected chi connectivity index (χ2v) is 10.8. The van der Waals surface area contributed by atoms with Crippen LogP contribution in [0.3, 0.4) is 0 Å². The number of aliphatic hydroxyl groups is 1. The Morgan fingerprint density at radius 3 is 2.51 bits per heavy atom. The second-order valence-electron chi connectivity index (χ2n) is 10.8. The molecule has 0 bridgehead atoms. The van der Waals surface area contributed by atoms with Crippen molar-refractivity contribution in [3.63, 3.8) is 0 Å². The molecule has 3 aliphatic heterocycles. The number of nitrogens with one attached hydrogen (secondary N) is 1. The molecule has 1 fully saturated rings. The Morgan fingerprint density at radius 2 is 1.83 bits per heavy atom. The van der Waals surface area contributed by atoms with Crippen LogP contribution < -0.4 is 25.1 Å². The lowest BCUT2D eigenvalue weighted by Crippen LogP contribution is -2.42. The minimum absolute atomic E-state index is 0.0954. The van der Waals surface area contributed by atoms with E-state index in [2.05, 4.69) is 19.9 Å². The van der Waals surface area contributed by atoms with Crippen molar-refractivity contribution in [3.8, 4) is 28.5 Å². The van der Waals surface area contributed by atoms with Gasteiger partial charge in [0.05, 0.1) is 18.8 Å². The number of carbonyl (C=O) groups is 1. The van der Waals surface area contributed by atoms with E-state index < -0.39 is 41.2 Å². The number of carbonyl (C=O) groups excluding carboxylic acids is 1. The molecule has 41 heavy (non-hydrogen) atoms. The first-order valence-corrected chi connectivity index (χ1v) is 12.9. The molecule has 4 heterocycles. The number of alkyl halides is 2. The maximum absolute atomic E-state index is 13.7. The number of halogens is 2. The molecular weight excluding hydrogens is 544 g/mol. The van der Waals surface area contributed by atoms with Crippen molar-refractivity contribution >= 4 is 11.6 Å². The number of ether oxygens (including phenoxy) is 5. The van der Waals surface area contributed by atoms with E-state index in [-0.39, 0.29) is 42.7 Å². The van der Waals surface area contributed by atoms with Crippen molar-refractivity contribution in [2.45, 2.75) is 57.0 Å². The molecule has 13 heteroatoms. The number of hydrogen-bond donors (Lipinski definition) is 2. The maximum atomic E-state index is 13.7. The molecule has 1 aromatic heterocycles. The van der Waals surface area contributed by atoms with Gasteiger partial charge < -0.3 is 34.1 Å². The van der Waals surface area contributed by atoms with Crippen molar-refractivity contribution in [2.75, 3.05) is 18.5 Å². The van der Waals surface area contributed by atoms with Gasteiger partial charge in [-0.05, 0) is 32.9 Å². The molecule has 1 amide bonds. The van der Waals surface area contributed by atoms with E-state index >= 15 is 0 Å². The van der Waals surface area contributed by atoms with Crippen LogP contribution in [0, 0.1) is 0 Å². The second kappa shape index (κ2) is 9.50. The molecule has 0 radical (unpaired) electrons. The van der Waals surface area contributed by atoms with Gasteiger partial charge in [0, 0.05) is 17.2 Å². The van der Waals surface area contributed by atoms with Crippen LogP contribution in [0.5, 0.6) is 17.2 Å². The minimum atomic E-state index is -3.83. The number of rotatable bonds is 6.